The van der Waals surface area contributed by atoms with E-state index in [1.807, 2.05) is 0 Å². The predicted octanol–water partition coefficient (Wildman–Crippen LogP) is 1.98. The average molecular weight is 222 g/mol. The summed E-state index contributed by atoms with van der Waals surface area (Å²) in [5.41, 5.74) is 11.5. The van der Waals surface area contributed by atoms with Crippen molar-refractivity contribution in [3.8, 4) is 0 Å². The first-order valence-electron chi connectivity index (χ1n) is 7.25. The standard InChI is InChI=1S/C14H26N2/c15-5-3-9-1-2-12-13-8-11(14(9)12)7-10(13)4-6-16/h9-14H,1-8,15-16H2. The van der Waals surface area contributed by atoms with Gasteiger partial charge in [-0.1, -0.05) is 0 Å². The summed E-state index contributed by atoms with van der Waals surface area (Å²) in [6.45, 7) is 1.80. The average Bonchev–Trinajstić information content (AvgIpc) is 2.90. The lowest BCUT2D eigenvalue weighted by molar-refractivity contribution is 0.153. The van der Waals surface area contributed by atoms with Crippen molar-refractivity contribution in [1.29, 1.82) is 0 Å². The maximum absolute atomic E-state index is 5.75. The molecule has 6 unspecified atom stereocenters. The molecule has 3 aliphatic rings. The maximum atomic E-state index is 5.75. The third-order valence-electron chi connectivity index (χ3n) is 5.86. The summed E-state index contributed by atoms with van der Waals surface area (Å²) >= 11 is 0. The van der Waals surface area contributed by atoms with Crippen molar-refractivity contribution in [2.45, 2.75) is 38.5 Å². The van der Waals surface area contributed by atoms with Crippen LogP contribution in [0.25, 0.3) is 0 Å². The molecule has 0 aromatic carbocycles. The molecule has 2 nitrogen and oxygen atoms in total. The maximum Gasteiger partial charge on any atom is -0.00745 e. The van der Waals surface area contributed by atoms with Gasteiger partial charge in [0.1, 0.15) is 0 Å². The zero-order chi connectivity index (χ0) is 11.1. The number of fused-ring (bicyclic) bond motifs is 5. The van der Waals surface area contributed by atoms with Gasteiger partial charge >= 0.3 is 0 Å². The highest BCUT2D eigenvalue weighted by Crippen LogP contribution is 2.63. The Labute approximate surface area is 99.1 Å². The molecule has 0 amide bonds. The van der Waals surface area contributed by atoms with Crippen LogP contribution in [0.1, 0.15) is 38.5 Å². The molecule has 6 atom stereocenters. The fourth-order valence-corrected chi connectivity index (χ4v) is 5.51. The van der Waals surface area contributed by atoms with E-state index >= 15 is 0 Å². The Morgan fingerprint density at radius 2 is 1.56 bits per heavy atom. The van der Waals surface area contributed by atoms with Gasteiger partial charge in [-0.05, 0) is 87.1 Å². The number of nitrogens with two attached hydrogens (primary N) is 2. The van der Waals surface area contributed by atoms with E-state index in [0.717, 1.165) is 48.6 Å². The van der Waals surface area contributed by atoms with Crippen LogP contribution in [0, 0.1) is 35.5 Å². The van der Waals surface area contributed by atoms with Gasteiger partial charge in [0.15, 0.2) is 0 Å². The van der Waals surface area contributed by atoms with Crippen molar-refractivity contribution in [3.63, 3.8) is 0 Å². The van der Waals surface area contributed by atoms with Crippen LogP contribution < -0.4 is 11.5 Å². The second-order valence-corrected chi connectivity index (χ2v) is 6.39. The molecular formula is C14H26N2. The van der Waals surface area contributed by atoms with Crippen molar-refractivity contribution < 1.29 is 0 Å². The molecule has 0 aromatic heterocycles. The smallest absolute Gasteiger partial charge is 0.00745 e. The molecule has 0 aromatic rings. The van der Waals surface area contributed by atoms with Gasteiger partial charge in [0, 0.05) is 0 Å². The molecule has 0 radical (unpaired) electrons. The van der Waals surface area contributed by atoms with Gasteiger partial charge in [-0.3, -0.25) is 0 Å². The van der Waals surface area contributed by atoms with E-state index in [4.69, 9.17) is 11.5 Å². The highest BCUT2D eigenvalue weighted by molar-refractivity contribution is 5.05. The minimum atomic E-state index is 0.900. The Hall–Kier alpha value is -0.0800. The molecular weight excluding hydrogens is 196 g/mol. The number of hydrogen-bond donors (Lipinski definition) is 2. The van der Waals surface area contributed by atoms with E-state index in [9.17, 15) is 0 Å². The van der Waals surface area contributed by atoms with Crippen molar-refractivity contribution >= 4 is 0 Å². The predicted molar refractivity (Wildman–Crippen MR) is 66.8 cm³/mol. The van der Waals surface area contributed by atoms with E-state index in [0.29, 0.717) is 0 Å². The third-order valence-corrected chi connectivity index (χ3v) is 5.86. The highest BCUT2D eigenvalue weighted by atomic mass is 14.6. The summed E-state index contributed by atoms with van der Waals surface area (Å²) in [5.74, 6) is 6.16. The molecule has 2 bridgehead atoms. The minimum absolute atomic E-state index is 0.900. The normalized spacial score (nSPS) is 49.9. The quantitative estimate of drug-likeness (QED) is 0.764. The number of rotatable bonds is 4. The van der Waals surface area contributed by atoms with E-state index in [2.05, 4.69) is 0 Å². The van der Waals surface area contributed by atoms with Gasteiger partial charge in [0.2, 0.25) is 0 Å². The Kier molecular flexibility index (Phi) is 2.97. The van der Waals surface area contributed by atoms with Crippen LogP contribution in [-0.4, -0.2) is 13.1 Å². The Morgan fingerprint density at radius 1 is 0.812 bits per heavy atom. The summed E-state index contributed by atoms with van der Waals surface area (Å²) < 4.78 is 0. The molecule has 0 heterocycles. The van der Waals surface area contributed by atoms with Gasteiger partial charge < -0.3 is 11.5 Å². The van der Waals surface area contributed by atoms with E-state index in [-0.39, 0.29) is 0 Å². The van der Waals surface area contributed by atoms with E-state index in [1.165, 1.54) is 38.5 Å². The SMILES string of the molecule is NCCC1CC2CC1C1CCC(CCN)C21. The summed E-state index contributed by atoms with van der Waals surface area (Å²) in [7, 11) is 0. The van der Waals surface area contributed by atoms with Crippen molar-refractivity contribution in [3.05, 3.63) is 0 Å². The first kappa shape index (κ1) is 11.0. The van der Waals surface area contributed by atoms with Crippen LogP contribution >= 0.6 is 0 Å². The molecule has 3 rings (SSSR count). The van der Waals surface area contributed by atoms with E-state index < -0.39 is 0 Å². The second kappa shape index (κ2) is 4.30. The largest absolute Gasteiger partial charge is 0.330 e. The molecule has 4 N–H and O–H groups in total. The van der Waals surface area contributed by atoms with Crippen LogP contribution in [0.2, 0.25) is 0 Å². The fraction of sp³-hybridized carbons (Fsp3) is 1.00. The van der Waals surface area contributed by atoms with Crippen LogP contribution in [0.4, 0.5) is 0 Å². The molecule has 16 heavy (non-hydrogen) atoms. The van der Waals surface area contributed by atoms with Crippen molar-refractivity contribution in [1.82, 2.24) is 0 Å². The summed E-state index contributed by atoms with van der Waals surface area (Å²) in [4.78, 5) is 0. The summed E-state index contributed by atoms with van der Waals surface area (Å²) in [6, 6.07) is 0. The molecule has 3 aliphatic carbocycles. The lowest BCUT2D eigenvalue weighted by Crippen LogP contribution is -2.29. The second-order valence-electron chi connectivity index (χ2n) is 6.39. The number of hydrogen-bond acceptors (Lipinski definition) is 2. The Balaban J connectivity index is 1.69. The molecule has 3 fully saturated rings. The Morgan fingerprint density at radius 3 is 2.31 bits per heavy atom. The van der Waals surface area contributed by atoms with Crippen LogP contribution in [0.15, 0.2) is 0 Å². The van der Waals surface area contributed by atoms with Crippen molar-refractivity contribution in [2.75, 3.05) is 13.1 Å². The van der Waals surface area contributed by atoms with Crippen molar-refractivity contribution in [2.24, 2.45) is 47.0 Å². The molecule has 2 heteroatoms. The lowest BCUT2D eigenvalue weighted by atomic mass is 9.72. The summed E-state index contributed by atoms with van der Waals surface area (Å²) in [6.07, 6.45) is 8.55. The first-order valence-corrected chi connectivity index (χ1v) is 7.25. The highest BCUT2D eigenvalue weighted by Gasteiger charge is 2.56. The lowest BCUT2D eigenvalue weighted by Gasteiger charge is -2.33. The zero-order valence-corrected chi connectivity index (χ0v) is 10.3. The molecule has 3 saturated carbocycles. The van der Waals surface area contributed by atoms with Crippen LogP contribution in [0.3, 0.4) is 0 Å². The molecule has 0 saturated heterocycles. The van der Waals surface area contributed by atoms with Gasteiger partial charge in [-0.15, -0.1) is 0 Å². The van der Waals surface area contributed by atoms with Gasteiger partial charge in [-0.25, -0.2) is 0 Å². The zero-order valence-electron chi connectivity index (χ0n) is 10.3. The summed E-state index contributed by atoms with van der Waals surface area (Å²) in [5, 5.41) is 0. The molecule has 92 valence electrons. The van der Waals surface area contributed by atoms with Crippen LogP contribution in [-0.2, 0) is 0 Å². The topological polar surface area (TPSA) is 52.0 Å². The van der Waals surface area contributed by atoms with Gasteiger partial charge in [0.05, 0.1) is 0 Å². The molecule has 0 spiro atoms. The van der Waals surface area contributed by atoms with Gasteiger partial charge in [-0.2, -0.15) is 0 Å². The monoisotopic (exact) mass is 222 g/mol. The third kappa shape index (κ3) is 1.53. The molecule has 0 aliphatic heterocycles. The Bertz CT molecular complexity index is 253. The fourth-order valence-electron chi connectivity index (χ4n) is 5.51. The van der Waals surface area contributed by atoms with Gasteiger partial charge in [0.25, 0.3) is 0 Å². The van der Waals surface area contributed by atoms with E-state index in [1.54, 1.807) is 0 Å². The van der Waals surface area contributed by atoms with Crippen LogP contribution in [0.5, 0.6) is 0 Å². The first-order chi connectivity index (χ1) is 7.85. The minimum Gasteiger partial charge on any atom is -0.330 e.